The van der Waals surface area contributed by atoms with E-state index < -0.39 is 0 Å². The Morgan fingerprint density at radius 3 is 2.58 bits per heavy atom. The number of nitrogens with one attached hydrogen (secondary N) is 2. The van der Waals surface area contributed by atoms with Crippen LogP contribution in [-0.4, -0.2) is 28.3 Å². The average molecular weight is 438 g/mol. The number of nitrogen functional groups attached to an aromatic ring is 1. The van der Waals surface area contributed by atoms with Crippen molar-refractivity contribution in [2.24, 2.45) is 5.84 Å². The molecule has 0 amide bonds. The summed E-state index contributed by atoms with van der Waals surface area (Å²) in [7, 11) is 0. The maximum absolute atomic E-state index is 6.53. The molecule has 0 saturated carbocycles. The molecule has 2 aromatic carbocycles. The number of pyridine rings is 1. The van der Waals surface area contributed by atoms with Crippen LogP contribution < -0.4 is 21.9 Å². The summed E-state index contributed by atoms with van der Waals surface area (Å²) in [5.41, 5.74) is 15.7. The highest BCUT2D eigenvalue weighted by atomic mass is 15.4. The van der Waals surface area contributed by atoms with E-state index >= 15 is 0 Å². The van der Waals surface area contributed by atoms with E-state index in [9.17, 15) is 0 Å². The number of nitrogens with two attached hydrogens (primary N) is 2. The SMILES string of the molecule is Cc1cccc(-c2[nH]ncc2-c2ccc(N)c(N(N)c3ccc(C4=CCNCC4)cc3)c2)n1. The number of hydrogen-bond donors (Lipinski definition) is 4. The van der Waals surface area contributed by atoms with E-state index in [1.54, 1.807) is 11.2 Å². The molecular formula is C26H27N7. The summed E-state index contributed by atoms with van der Waals surface area (Å²) in [6, 6.07) is 20.1. The molecule has 166 valence electrons. The lowest BCUT2D eigenvalue weighted by Crippen LogP contribution is -2.26. The molecule has 0 atom stereocenters. The molecule has 0 bridgehead atoms. The maximum Gasteiger partial charge on any atom is 0.0912 e. The van der Waals surface area contributed by atoms with Crippen molar-refractivity contribution in [1.82, 2.24) is 20.5 Å². The van der Waals surface area contributed by atoms with E-state index in [-0.39, 0.29) is 0 Å². The summed E-state index contributed by atoms with van der Waals surface area (Å²) < 4.78 is 0. The van der Waals surface area contributed by atoms with Gasteiger partial charge in [0.15, 0.2) is 0 Å². The Kier molecular flexibility index (Phi) is 5.64. The fourth-order valence-electron chi connectivity index (χ4n) is 4.16. The molecule has 7 heteroatoms. The van der Waals surface area contributed by atoms with Gasteiger partial charge in [0.1, 0.15) is 0 Å². The number of rotatable bonds is 5. The number of benzene rings is 2. The first-order chi connectivity index (χ1) is 16.1. The quantitative estimate of drug-likeness (QED) is 0.209. The van der Waals surface area contributed by atoms with Crippen molar-refractivity contribution in [3.63, 3.8) is 0 Å². The van der Waals surface area contributed by atoms with Gasteiger partial charge in [0.2, 0.25) is 0 Å². The molecule has 0 fully saturated rings. The van der Waals surface area contributed by atoms with Crippen molar-refractivity contribution in [3.05, 3.63) is 84.2 Å². The smallest absolute Gasteiger partial charge is 0.0912 e. The zero-order chi connectivity index (χ0) is 22.8. The van der Waals surface area contributed by atoms with Crippen molar-refractivity contribution in [2.45, 2.75) is 13.3 Å². The molecule has 5 rings (SSSR count). The Bertz CT molecular complexity index is 1300. The highest BCUT2D eigenvalue weighted by Gasteiger charge is 2.16. The zero-order valence-corrected chi connectivity index (χ0v) is 18.5. The van der Waals surface area contributed by atoms with E-state index in [1.807, 2.05) is 55.5 Å². The average Bonchev–Trinajstić information content (AvgIpc) is 3.35. The Morgan fingerprint density at radius 1 is 1.00 bits per heavy atom. The molecule has 3 heterocycles. The molecule has 4 aromatic rings. The van der Waals surface area contributed by atoms with E-state index in [2.05, 4.69) is 38.7 Å². The van der Waals surface area contributed by atoms with Gasteiger partial charge in [-0.1, -0.05) is 30.3 Å². The van der Waals surface area contributed by atoms with Crippen molar-refractivity contribution in [2.75, 3.05) is 23.8 Å². The van der Waals surface area contributed by atoms with E-state index in [1.165, 1.54) is 11.1 Å². The maximum atomic E-state index is 6.53. The number of nitrogens with zero attached hydrogens (tertiary/aromatic N) is 3. The van der Waals surface area contributed by atoms with Gasteiger partial charge in [0.05, 0.1) is 34.6 Å². The predicted octanol–water partition coefficient (Wildman–Crippen LogP) is 4.42. The largest absolute Gasteiger partial charge is 0.397 e. The fraction of sp³-hybridized carbons (Fsp3) is 0.154. The molecule has 0 saturated heterocycles. The van der Waals surface area contributed by atoms with Crippen molar-refractivity contribution >= 4 is 22.6 Å². The lowest BCUT2D eigenvalue weighted by molar-refractivity contribution is 0.738. The van der Waals surface area contributed by atoms with Crippen LogP contribution in [0.25, 0.3) is 28.1 Å². The van der Waals surface area contributed by atoms with Crippen molar-refractivity contribution in [3.8, 4) is 22.5 Å². The highest BCUT2D eigenvalue weighted by Crippen LogP contribution is 2.36. The summed E-state index contributed by atoms with van der Waals surface area (Å²) >= 11 is 0. The number of hydrazine groups is 1. The number of anilines is 3. The molecule has 33 heavy (non-hydrogen) atoms. The third-order valence-electron chi connectivity index (χ3n) is 5.96. The van der Waals surface area contributed by atoms with Gasteiger partial charge in [-0.05, 0) is 73.0 Å². The van der Waals surface area contributed by atoms with Gasteiger partial charge in [-0.3, -0.25) is 15.1 Å². The van der Waals surface area contributed by atoms with E-state index in [0.717, 1.165) is 59.1 Å². The monoisotopic (exact) mass is 437 g/mol. The van der Waals surface area contributed by atoms with Crippen LogP contribution in [0, 0.1) is 6.92 Å². The number of H-pyrrole nitrogens is 1. The van der Waals surface area contributed by atoms with Crippen LogP contribution in [0.5, 0.6) is 0 Å². The summed E-state index contributed by atoms with van der Waals surface area (Å²) in [6.45, 7) is 3.89. The second-order valence-electron chi connectivity index (χ2n) is 8.20. The van der Waals surface area contributed by atoms with Gasteiger partial charge in [-0.15, -0.1) is 0 Å². The molecule has 2 aromatic heterocycles. The van der Waals surface area contributed by atoms with E-state index in [4.69, 9.17) is 11.6 Å². The highest BCUT2D eigenvalue weighted by molar-refractivity contribution is 5.85. The number of aryl methyl sites for hydroxylation is 1. The van der Waals surface area contributed by atoms with Gasteiger partial charge in [0, 0.05) is 17.8 Å². The Morgan fingerprint density at radius 2 is 1.82 bits per heavy atom. The second-order valence-corrected chi connectivity index (χ2v) is 8.20. The summed E-state index contributed by atoms with van der Waals surface area (Å²) in [5, 5.41) is 12.3. The molecule has 1 aliphatic rings. The predicted molar refractivity (Wildman–Crippen MR) is 135 cm³/mol. The Hall–Kier alpha value is -3.94. The van der Waals surface area contributed by atoms with Gasteiger partial charge in [-0.25, -0.2) is 5.84 Å². The minimum atomic E-state index is 0.602. The minimum absolute atomic E-state index is 0.602. The van der Waals surface area contributed by atoms with Crippen molar-refractivity contribution < 1.29 is 0 Å². The van der Waals surface area contributed by atoms with Gasteiger partial charge >= 0.3 is 0 Å². The minimum Gasteiger partial charge on any atom is -0.397 e. The van der Waals surface area contributed by atoms with Crippen LogP contribution in [0.3, 0.4) is 0 Å². The second kappa shape index (κ2) is 8.90. The molecule has 0 spiro atoms. The van der Waals surface area contributed by atoms with Crippen LogP contribution in [-0.2, 0) is 0 Å². The third-order valence-corrected chi connectivity index (χ3v) is 5.96. The number of aromatic amines is 1. The fourth-order valence-corrected chi connectivity index (χ4v) is 4.16. The summed E-state index contributed by atoms with van der Waals surface area (Å²) in [4.78, 5) is 4.63. The van der Waals surface area contributed by atoms with Crippen LogP contribution in [0.1, 0.15) is 17.7 Å². The molecule has 0 aliphatic carbocycles. The Balaban J connectivity index is 1.46. The molecule has 1 aliphatic heterocycles. The Labute approximate surface area is 193 Å². The standard InChI is InChI=1S/C26H27N7/c1-17-3-2-4-24(31-17)26-22(16-30-32-26)20-7-10-23(27)25(15-20)33(28)21-8-5-18(6-9-21)19-11-13-29-14-12-19/h2-11,15-16,29H,12-14,27-28H2,1H3,(H,30,32). The first kappa shape index (κ1) is 20.9. The van der Waals surface area contributed by atoms with Gasteiger partial charge < -0.3 is 11.1 Å². The molecule has 0 unspecified atom stereocenters. The third kappa shape index (κ3) is 4.24. The molecular weight excluding hydrogens is 410 g/mol. The van der Waals surface area contributed by atoms with E-state index in [0.29, 0.717) is 5.69 Å². The number of hydrogen-bond acceptors (Lipinski definition) is 6. The zero-order valence-electron chi connectivity index (χ0n) is 18.5. The van der Waals surface area contributed by atoms with Crippen LogP contribution >= 0.6 is 0 Å². The van der Waals surface area contributed by atoms with Crippen LogP contribution in [0.2, 0.25) is 0 Å². The first-order valence-electron chi connectivity index (χ1n) is 11.0. The lowest BCUT2D eigenvalue weighted by atomic mass is 10.00. The topological polar surface area (TPSA) is 109 Å². The first-order valence-corrected chi connectivity index (χ1v) is 11.0. The summed E-state index contributed by atoms with van der Waals surface area (Å²) in [6.07, 6.45) is 5.08. The van der Waals surface area contributed by atoms with Gasteiger partial charge in [-0.2, -0.15) is 5.10 Å². The van der Waals surface area contributed by atoms with Crippen LogP contribution in [0.15, 0.2) is 72.9 Å². The molecule has 0 radical (unpaired) electrons. The van der Waals surface area contributed by atoms with Crippen LogP contribution in [0.4, 0.5) is 17.1 Å². The summed E-state index contributed by atoms with van der Waals surface area (Å²) in [5.74, 6) is 6.53. The van der Waals surface area contributed by atoms with Gasteiger partial charge in [0.25, 0.3) is 0 Å². The van der Waals surface area contributed by atoms with Crippen molar-refractivity contribution in [1.29, 1.82) is 0 Å². The molecule has 6 N–H and O–H groups in total. The molecule has 7 nitrogen and oxygen atoms in total. The normalized spacial score (nSPS) is 13.6. The lowest BCUT2D eigenvalue weighted by Gasteiger charge is -2.22. The number of aromatic nitrogens is 3.